The molecule has 0 unspecified atom stereocenters. The van der Waals surface area contributed by atoms with Gasteiger partial charge in [-0.15, -0.1) is 0 Å². The predicted octanol–water partition coefficient (Wildman–Crippen LogP) is 2.62. The first kappa shape index (κ1) is 37.3. The number of nitrogens with zero attached hydrogens (tertiary/aromatic N) is 2. The minimum Gasteiger partial charge on any atom is -0.347 e. The van der Waals surface area contributed by atoms with Crippen LogP contribution >= 0.6 is 11.6 Å². The molecule has 0 bridgehead atoms. The summed E-state index contributed by atoms with van der Waals surface area (Å²) < 4.78 is 0. The second-order valence-corrected chi connectivity index (χ2v) is 15.7. The van der Waals surface area contributed by atoms with Crippen LogP contribution in [0.15, 0.2) is 30.3 Å². The second kappa shape index (κ2) is 14.7. The summed E-state index contributed by atoms with van der Waals surface area (Å²) in [6.07, 6.45) is 4.80. The molecule has 5 atom stereocenters. The van der Waals surface area contributed by atoms with Gasteiger partial charge < -0.3 is 25.8 Å². The number of carbonyl (C=O) groups is 6. The molecule has 2 saturated heterocycles. The monoisotopic (exact) mass is 712 g/mol. The van der Waals surface area contributed by atoms with Crippen molar-refractivity contribution in [3.63, 3.8) is 0 Å². The number of benzene rings is 1. The standard InChI is InChI=1S/C36H49ClN6O7/c1-7-9-24(29(45)33(48)38-23-12-13-23)39-32(47)27-18-36(17-25(41-50-36)21-10-8-11-22(37)16-21)19-42(27)34(49)30(35(4,5)6)40-31(46)26-14-15-28(44)43(26)20(2)3/h8,10-11,16-17,20,23-24,26-27,30,41H,7,9,12-15,18-19H2,1-6H3,(H,38,48)(H,39,47)(H,40,46)/t24-,26-,27-,30+,36+/m0/s1. The van der Waals surface area contributed by atoms with E-state index in [4.69, 9.17) is 16.4 Å². The lowest BCUT2D eigenvalue weighted by Gasteiger charge is -2.37. The Labute approximate surface area is 298 Å². The number of halogens is 1. The highest BCUT2D eigenvalue weighted by atomic mass is 35.5. The van der Waals surface area contributed by atoms with Crippen LogP contribution in [0.1, 0.15) is 92.1 Å². The van der Waals surface area contributed by atoms with Crippen molar-refractivity contribution in [2.45, 2.75) is 128 Å². The fourth-order valence-electron chi connectivity index (χ4n) is 6.95. The SMILES string of the molecule is CCC[C@H](NC(=O)[C@@H]1C[C@]2(C=C(c3cccc(Cl)c3)NO2)CN1C(=O)[C@@H](NC(=O)[C@@H]1CCC(=O)N1C(C)C)C(C)(C)C)C(=O)C(=O)NC1CC1. The van der Waals surface area contributed by atoms with Crippen molar-refractivity contribution in [2.24, 2.45) is 5.41 Å². The van der Waals surface area contributed by atoms with Crippen molar-refractivity contribution in [3.8, 4) is 0 Å². The Kier molecular flexibility index (Phi) is 11.0. The van der Waals surface area contributed by atoms with Gasteiger partial charge >= 0.3 is 0 Å². The Bertz CT molecular complexity index is 1570. The van der Waals surface area contributed by atoms with Gasteiger partial charge in [0.1, 0.15) is 23.7 Å². The van der Waals surface area contributed by atoms with Gasteiger partial charge in [0.2, 0.25) is 29.4 Å². The van der Waals surface area contributed by atoms with Crippen LogP contribution in [-0.4, -0.2) is 93.5 Å². The highest BCUT2D eigenvalue weighted by Crippen LogP contribution is 2.39. The van der Waals surface area contributed by atoms with Crippen molar-refractivity contribution in [3.05, 3.63) is 40.9 Å². The van der Waals surface area contributed by atoms with Crippen molar-refractivity contribution in [1.29, 1.82) is 0 Å². The van der Waals surface area contributed by atoms with Gasteiger partial charge in [0, 0.05) is 35.5 Å². The summed E-state index contributed by atoms with van der Waals surface area (Å²) in [5.74, 6) is -3.16. The van der Waals surface area contributed by atoms with Gasteiger partial charge in [-0.25, -0.2) is 0 Å². The molecule has 0 radical (unpaired) electrons. The third-order valence-corrected chi connectivity index (χ3v) is 9.94. The number of amides is 5. The lowest BCUT2D eigenvalue weighted by atomic mass is 9.85. The Morgan fingerprint density at radius 2 is 1.76 bits per heavy atom. The van der Waals surface area contributed by atoms with E-state index in [1.807, 2.05) is 53.7 Å². The molecule has 1 aliphatic carbocycles. The van der Waals surface area contributed by atoms with E-state index in [-0.39, 0.29) is 43.8 Å². The third kappa shape index (κ3) is 8.15. The molecular weight excluding hydrogens is 664 g/mol. The Hall–Kier alpha value is -3.97. The molecule has 1 aromatic carbocycles. The summed E-state index contributed by atoms with van der Waals surface area (Å²) in [7, 11) is 0. The average Bonchev–Trinajstić information content (AvgIpc) is 3.45. The molecule has 3 aliphatic heterocycles. The van der Waals surface area contributed by atoms with E-state index in [1.165, 1.54) is 4.90 Å². The van der Waals surface area contributed by atoms with E-state index in [0.29, 0.717) is 23.6 Å². The van der Waals surface area contributed by atoms with Crippen LogP contribution < -0.4 is 21.4 Å². The van der Waals surface area contributed by atoms with Gasteiger partial charge in [0.25, 0.3) is 5.91 Å². The summed E-state index contributed by atoms with van der Waals surface area (Å²) in [5, 5.41) is 8.92. The topological polar surface area (TPSA) is 166 Å². The molecule has 1 aromatic rings. The van der Waals surface area contributed by atoms with Crippen LogP contribution in [0.3, 0.4) is 0 Å². The fraction of sp³-hybridized carbons (Fsp3) is 0.611. The number of Topliss-reactive ketones (excluding diaryl/α,β-unsaturated/α-hetero) is 1. The molecule has 0 aromatic heterocycles. The number of rotatable bonds is 12. The molecule has 1 saturated carbocycles. The zero-order valence-corrected chi connectivity index (χ0v) is 30.4. The maximum atomic E-state index is 14.7. The van der Waals surface area contributed by atoms with E-state index >= 15 is 0 Å². The maximum Gasteiger partial charge on any atom is 0.289 e. The first-order chi connectivity index (χ1) is 23.5. The van der Waals surface area contributed by atoms with Gasteiger partial charge in [-0.3, -0.25) is 39.1 Å². The second-order valence-electron chi connectivity index (χ2n) is 15.2. The molecule has 50 heavy (non-hydrogen) atoms. The van der Waals surface area contributed by atoms with E-state index in [2.05, 4.69) is 21.4 Å². The lowest BCUT2D eigenvalue weighted by Crippen LogP contribution is -2.61. The highest BCUT2D eigenvalue weighted by Gasteiger charge is 2.54. The maximum absolute atomic E-state index is 14.7. The van der Waals surface area contributed by atoms with Crippen molar-refractivity contribution >= 4 is 52.6 Å². The number of carbonyl (C=O) groups excluding carboxylic acids is 6. The van der Waals surface area contributed by atoms with Crippen molar-refractivity contribution in [2.75, 3.05) is 6.54 Å². The molecule has 272 valence electrons. The summed E-state index contributed by atoms with van der Waals surface area (Å²) in [6.45, 7) is 10.9. The van der Waals surface area contributed by atoms with E-state index in [1.54, 1.807) is 23.1 Å². The molecule has 3 fully saturated rings. The van der Waals surface area contributed by atoms with Crippen LogP contribution in [0.5, 0.6) is 0 Å². The Balaban J connectivity index is 1.44. The minimum atomic E-state index is -1.14. The number of ketones is 1. The molecule has 13 nitrogen and oxygen atoms in total. The van der Waals surface area contributed by atoms with Gasteiger partial charge in [-0.1, -0.05) is 57.8 Å². The van der Waals surface area contributed by atoms with Crippen LogP contribution in [0.4, 0.5) is 0 Å². The van der Waals surface area contributed by atoms with Crippen molar-refractivity contribution < 1.29 is 33.6 Å². The normalized spacial score (nSPS) is 24.6. The quantitative estimate of drug-likeness (QED) is 0.240. The summed E-state index contributed by atoms with van der Waals surface area (Å²) in [4.78, 5) is 90.1. The average molecular weight is 713 g/mol. The van der Waals surface area contributed by atoms with Gasteiger partial charge in [-0.05, 0) is 63.2 Å². The first-order valence-electron chi connectivity index (χ1n) is 17.5. The van der Waals surface area contributed by atoms with Gasteiger partial charge in [0.15, 0.2) is 0 Å². The fourth-order valence-corrected chi connectivity index (χ4v) is 7.14. The van der Waals surface area contributed by atoms with E-state index < -0.39 is 64.6 Å². The molecule has 1 spiro atoms. The predicted molar refractivity (Wildman–Crippen MR) is 186 cm³/mol. The molecule has 4 N–H and O–H groups in total. The van der Waals surface area contributed by atoms with Crippen LogP contribution in [0, 0.1) is 5.41 Å². The minimum absolute atomic E-state index is 0.0285. The number of nitrogens with one attached hydrogen (secondary N) is 4. The summed E-state index contributed by atoms with van der Waals surface area (Å²) in [5.41, 5.74) is 2.36. The van der Waals surface area contributed by atoms with E-state index in [0.717, 1.165) is 18.4 Å². The molecular formula is C36H49ClN6O7. The number of hydroxylamine groups is 1. The van der Waals surface area contributed by atoms with Gasteiger partial charge in [-0.2, -0.15) is 0 Å². The third-order valence-electron chi connectivity index (χ3n) is 9.71. The molecule has 4 aliphatic rings. The molecule has 3 heterocycles. The van der Waals surface area contributed by atoms with Crippen LogP contribution in [0.25, 0.3) is 5.70 Å². The number of likely N-dealkylation sites (tertiary alicyclic amines) is 2. The number of hydrogen-bond acceptors (Lipinski definition) is 8. The Morgan fingerprint density at radius 1 is 1.06 bits per heavy atom. The first-order valence-corrected chi connectivity index (χ1v) is 17.9. The van der Waals surface area contributed by atoms with Crippen molar-refractivity contribution in [1.82, 2.24) is 31.2 Å². The molecule has 5 amide bonds. The van der Waals surface area contributed by atoms with E-state index in [9.17, 15) is 28.8 Å². The Morgan fingerprint density at radius 3 is 2.38 bits per heavy atom. The zero-order chi connectivity index (χ0) is 36.5. The molecule has 5 rings (SSSR count). The largest absolute Gasteiger partial charge is 0.347 e. The van der Waals surface area contributed by atoms with Gasteiger partial charge in [0.05, 0.1) is 18.3 Å². The number of hydrogen-bond donors (Lipinski definition) is 4. The summed E-state index contributed by atoms with van der Waals surface area (Å²) in [6, 6.07) is 2.93. The lowest BCUT2D eigenvalue weighted by molar-refractivity contribution is -0.146. The zero-order valence-electron chi connectivity index (χ0n) is 29.6. The smallest absolute Gasteiger partial charge is 0.289 e. The summed E-state index contributed by atoms with van der Waals surface area (Å²) >= 11 is 6.24. The van der Waals surface area contributed by atoms with Crippen LogP contribution in [0.2, 0.25) is 5.02 Å². The molecule has 14 heteroatoms. The van der Waals surface area contributed by atoms with Crippen LogP contribution in [-0.2, 0) is 33.6 Å². The highest BCUT2D eigenvalue weighted by molar-refractivity contribution is 6.38.